The van der Waals surface area contributed by atoms with E-state index in [0.717, 1.165) is 31.0 Å². The molecule has 0 atom stereocenters. The molecule has 1 aromatic carbocycles. The molecule has 0 bridgehead atoms. The summed E-state index contributed by atoms with van der Waals surface area (Å²) >= 11 is 0. The third-order valence-corrected chi connectivity index (χ3v) is 3.96. The van der Waals surface area contributed by atoms with Gasteiger partial charge in [-0.25, -0.2) is 9.97 Å². The molecule has 0 saturated carbocycles. The zero-order valence-corrected chi connectivity index (χ0v) is 14.3. The summed E-state index contributed by atoms with van der Waals surface area (Å²) in [6, 6.07) is 8.45. The molecule has 0 unspecified atom stereocenters. The number of anilines is 4. The molecular formula is C18H27N5. The Morgan fingerprint density at radius 1 is 1.04 bits per heavy atom. The lowest BCUT2D eigenvalue weighted by Gasteiger charge is -2.22. The highest BCUT2D eigenvalue weighted by Crippen LogP contribution is 2.28. The Kier molecular flexibility index (Phi) is 6.20. The van der Waals surface area contributed by atoms with Gasteiger partial charge in [0.15, 0.2) is 11.6 Å². The van der Waals surface area contributed by atoms with Gasteiger partial charge in [-0.1, -0.05) is 25.5 Å². The topological polar surface area (TPSA) is 67.1 Å². The SMILES string of the molecule is CCCCc1ccc(Nc2ncnc(N(CC)CC)c2N)cc1. The zero-order chi connectivity index (χ0) is 16.7. The molecule has 1 heterocycles. The normalized spacial score (nSPS) is 10.6. The number of aryl methyl sites for hydroxylation is 1. The molecule has 2 aromatic rings. The second kappa shape index (κ2) is 8.36. The molecule has 0 spiro atoms. The highest BCUT2D eigenvalue weighted by atomic mass is 15.2. The number of hydrogen-bond acceptors (Lipinski definition) is 5. The monoisotopic (exact) mass is 313 g/mol. The maximum Gasteiger partial charge on any atom is 0.159 e. The van der Waals surface area contributed by atoms with Crippen molar-refractivity contribution < 1.29 is 0 Å². The molecule has 124 valence electrons. The van der Waals surface area contributed by atoms with Crippen molar-refractivity contribution in [3.8, 4) is 0 Å². The number of nitrogen functional groups attached to an aromatic ring is 1. The largest absolute Gasteiger partial charge is 0.393 e. The molecule has 0 aliphatic carbocycles. The maximum absolute atomic E-state index is 6.25. The van der Waals surface area contributed by atoms with E-state index >= 15 is 0 Å². The Hall–Kier alpha value is -2.30. The van der Waals surface area contributed by atoms with Crippen molar-refractivity contribution in [2.45, 2.75) is 40.0 Å². The Morgan fingerprint density at radius 2 is 1.74 bits per heavy atom. The van der Waals surface area contributed by atoms with E-state index in [1.54, 1.807) is 6.33 Å². The average molecular weight is 313 g/mol. The fraction of sp³-hybridized carbons (Fsp3) is 0.444. The molecule has 2 rings (SSSR count). The van der Waals surface area contributed by atoms with Gasteiger partial charge < -0.3 is 16.0 Å². The molecule has 0 aliphatic rings. The van der Waals surface area contributed by atoms with E-state index in [-0.39, 0.29) is 0 Å². The van der Waals surface area contributed by atoms with Crippen LogP contribution in [0.15, 0.2) is 30.6 Å². The van der Waals surface area contributed by atoms with Crippen LogP contribution in [0.1, 0.15) is 39.2 Å². The molecule has 5 heteroatoms. The lowest BCUT2D eigenvalue weighted by atomic mass is 10.1. The van der Waals surface area contributed by atoms with Gasteiger partial charge in [0.1, 0.15) is 12.0 Å². The van der Waals surface area contributed by atoms with E-state index in [2.05, 4.69) is 65.2 Å². The summed E-state index contributed by atoms with van der Waals surface area (Å²) in [5.41, 5.74) is 9.18. The van der Waals surface area contributed by atoms with E-state index in [0.29, 0.717) is 11.5 Å². The molecule has 0 radical (unpaired) electrons. The Balaban J connectivity index is 2.15. The summed E-state index contributed by atoms with van der Waals surface area (Å²) in [5, 5.41) is 3.30. The fourth-order valence-corrected chi connectivity index (χ4v) is 2.53. The van der Waals surface area contributed by atoms with Gasteiger partial charge in [0.2, 0.25) is 0 Å². The van der Waals surface area contributed by atoms with Crippen LogP contribution >= 0.6 is 0 Å². The van der Waals surface area contributed by atoms with Crippen LogP contribution < -0.4 is 16.0 Å². The second-order valence-electron chi connectivity index (χ2n) is 5.56. The highest BCUT2D eigenvalue weighted by Gasteiger charge is 2.12. The molecule has 5 nitrogen and oxygen atoms in total. The van der Waals surface area contributed by atoms with Crippen molar-refractivity contribution in [2.24, 2.45) is 0 Å². The lowest BCUT2D eigenvalue weighted by molar-refractivity contribution is 0.795. The molecule has 1 aromatic heterocycles. The summed E-state index contributed by atoms with van der Waals surface area (Å²) in [4.78, 5) is 10.7. The van der Waals surface area contributed by atoms with Gasteiger partial charge in [-0.05, 0) is 44.4 Å². The Bertz CT molecular complexity index is 605. The minimum absolute atomic E-state index is 0.589. The van der Waals surface area contributed by atoms with Gasteiger partial charge in [-0.15, -0.1) is 0 Å². The minimum atomic E-state index is 0.589. The van der Waals surface area contributed by atoms with Gasteiger partial charge >= 0.3 is 0 Å². The highest BCUT2D eigenvalue weighted by molar-refractivity contribution is 5.78. The molecular weight excluding hydrogens is 286 g/mol. The van der Waals surface area contributed by atoms with Crippen LogP contribution in [-0.4, -0.2) is 23.1 Å². The Morgan fingerprint density at radius 3 is 2.35 bits per heavy atom. The first-order chi connectivity index (χ1) is 11.2. The van der Waals surface area contributed by atoms with Gasteiger partial charge in [0.05, 0.1) is 0 Å². The molecule has 0 amide bonds. The van der Waals surface area contributed by atoms with E-state index < -0.39 is 0 Å². The first-order valence-electron chi connectivity index (χ1n) is 8.40. The number of nitrogens with zero attached hydrogens (tertiary/aromatic N) is 3. The minimum Gasteiger partial charge on any atom is -0.393 e. The smallest absolute Gasteiger partial charge is 0.159 e. The van der Waals surface area contributed by atoms with E-state index in [4.69, 9.17) is 5.73 Å². The number of benzene rings is 1. The third kappa shape index (κ3) is 4.34. The van der Waals surface area contributed by atoms with E-state index in [9.17, 15) is 0 Å². The molecule has 23 heavy (non-hydrogen) atoms. The van der Waals surface area contributed by atoms with Crippen LogP contribution in [0, 0.1) is 0 Å². The Labute approximate surface area is 138 Å². The van der Waals surface area contributed by atoms with Gasteiger partial charge in [-0.3, -0.25) is 0 Å². The summed E-state index contributed by atoms with van der Waals surface area (Å²) in [6.07, 6.45) is 5.12. The van der Waals surface area contributed by atoms with Gasteiger partial charge in [0.25, 0.3) is 0 Å². The van der Waals surface area contributed by atoms with Crippen molar-refractivity contribution in [3.63, 3.8) is 0 Å². The first kappa shape index (κ1) is 17.1. The van der Waals surface area contributed by atoms with Gasteiger partial charge in [0, 0.05) is 18.8 Å². The van der Waals surface area contributed by atoms with Crippen molar-refractivity contribution in [2.75, 3.05) is 29.0 Å². The van der Waals surface area contributed by atoms with Crippen molar-refractivity contribution in [1.29, 1.82) is 0 Å². The quantitative estimate of drug-likeness (QED) is 0.771. The standard InChI is InChI=1S/C18H27N5/c1-4-7-8-14-9-11-15(12-10-14)22-17-16(19)18(21-13-20-17)23(5-2)6-3/h9-13H,4-8,19H2,1-3H3,(H,20,21,22). The summed E-state index contributed by atoms with van der Waals surface area (Å²) < 4.78 is 0. The van der Waals surface area contributed by atoms with E-state index in [1.165, 1.54) is 18.4 Å². The molecule has 0 fully saturated rings. The maximum atomic E-state index is 6.25. The number of aromatic nitrogens is 2. The first-order valence-corrected chi connectivity index (χ1v) is 8.40. The fourth-order valence-electron chi connectivity index (χ4n) is 2.53. The lowest BCUT2D eigenvalue weighted by Crippen LogP contribution is -2.24. The third-order valence-electron chi connectivity index (χ3n) is 3.96. The molecule has 0 saturated heterocycles. The summed E-state index contributed by atoms with van der Waals surface area (Å²) in [7, 11) is 0. The van der Waals surface area contributed by atoms with Crippen LogP contribution in [0.3, 0.4) is 0 Å². The summed E-state index contributed by atoms with van der Waals surface area (Å²) in [6.45, 7) is 8.12. The zero-order valence-electron chi connectivity index (χ0n) is 14.3. The summed E-state index contributed by atoms with van der Waals surface area (Å²) in [5.74, 6) is 1.44. The van der Waals surface area contributed by atoms with Gasteiger partial charge in [-0.2, -0.15) is 0 Å². The van der Waals surface area contributed by atoms with Crippen molar-refractivity contribution in [3.05, 3.63) is 36.2 Å². The number of nitrogens with two attached hydrogens (primary N) is 1. The van der Waals surface area contributed by atoms with E-state index in [1.807, 2.05) is 0 Å². The van der Waals surface area contributed by atoms with Crippen LogP contribution in [-0.2, 0) is 6.42 Å². The number of unbranched alkanes of at least 4 members (excludes halogenated alkanes) is 1. The van der Waals surface area contributed by atoms with Crippen LogP contribution in [0.25, 0.3) is 0 Å². The molecule has 0 aliphatic heterocycles. The predicted molar refractivity (Wildman–Crippen MR) is 98.3 cm³/mol. The number of hydrogen-bond donors (Lipinski definition) is 2. The molecule has 3 N–H and O–H groups in total. The predicted octanol–water partition coefficient (Wildman–Crippen LogP) is 3.99. The van der Waals surface area contributed by atoms with Crippen LogP contribution in [0.2, 0.25) is 0 Å². The number of nitrogens with one attached hydrogen (secondary N) is 1. The van der Waals surface area contributed by atoms with Crippen LogP contribution in [0.5, 0.6) is 0 Å². The number of rotatable bonds is 8. The average Bonchev–Trinajstić information content (AvgIpc) is 2.58. The van der Waals surface area contributed by atoms with Crippen molar-refractivity contribution >= 4 is 23.0 Å². The van der Waals surface area contributed by atoms with Crippen molar-refractivity contribution in [1.82, 2.24) is 9.97 Å². The second-order valence-corrected chi connectivity index (χ2v) is 5.56. The van der Waals surface area contributed by atoms with Crippen LogP contribution in [0.4, 0.5) is 23.0 Å².